The van der Waals surface area contributed by atoms with E-state index in [2.05, 4.69) is 48.3 Å². The van der Waals surface area contributed by atoms with Crippen molar-refractivity contribution in [2.24, 2.45) is 10.8 Å². The Morgan fingerprint density at radius 3 is 2.25 bits per heavy atom. The highest BCUT2D eigenvalue weighted by Crippen LogP contribution is 2.17. The maximum absolute atomic E-state index is 5.57. The highest BCUT2D eigenvalue weighted by Gasteiger charge is 2.15. The molecule has 0 aromatic carbocycles. The predicted octanol–water partition coefficient (Wildman–Crippen LogP) is 1.85. The fraction of sp³-hybridized carbons (Fsp3) is 0.933. The summed E-state index contributed by atoms with van der Waals surface area (Å²) < 4.78 is 0. The summed E-state index contributed by atoms with van der Waals surface area (Å²) in [6, 6.07) is 1.63. The molecule has 0 unspecified atom stereocenters. The van der Waals surface area contributed by atoms with Gasteiger partial charge in [-0.05, 0) is 40.5 Å². The maximum Gasteiger partial charge on any atom is 0.205 e. The molecule has 0 heterocycles. The fourth-order valence-electron chi connectivity index (χ4n) is 2.96. The molecule has 20 heavy (non-hydrogen) atoms. The Kier molecular flexibility index (Phi) is 7.92. The van der Waals surface area contributed by atoms with Crippen LogP contribution in [-0.4, -0.2) is 42.1 Å². The van der Waals surface area contributed by atoms with E-state index in [1.807, 2.05) is 0 Å². The van der Waals surface area contributed by atoms with E-state index in [1.54, 1.807) is 0 Å². The Morgan fingerprint density at radius 1 is 1.15 bits per heavy atom. The summed E-state index contributed by atoms with van der Waals surface area (Å²) in [7, 11) is 0. The molecule has 0 aliphatic heterocycles. The van der Waals surface area contributed by atoms with E-state index in [9.17, 15) is 0 Å². The second-order valence-corrected chi connectivity index (χ2v) is 6.28. The summed E-state index contributed by atoms with van der Waals surface area (Å²) in [4.78, 5) is 7.01. The highest BCUT2D eigenvalue weighted by atomic mass is 15.3. The lowest BCUT2D eigenvalue weighted by atomic mass is 9.96. The number of nitrogens with two attached hydrogens (primary N) is 1. The molecule has 118 valence electrons. The van der Waals surface area contributed by atoms with Crippen molar-refractivity contribution in [1.82, 2.24) is 15.6 Å². The highest BCUT2D eigenvalue weighted by molar-refractivity contribution is 5.79. The van der Waals surface area contributed by atoms with Gasteiger partial charge >= 0.3 is 0 Å². The number of rotatable bonds is 6. The molecule has 4 N–H and O–H groups in total. The first-order valence-electron chi connectivity index (χ1n) is 8.08. The van der Waals surface area contributed by atoms with Crippen LogP contribution in [0.25, 0.3) is 0 Å². The lowest BCUT2D eigenvalue weighted by molar-refractivity contribution is 0.181. The second kappa shape index (κ2) is 9.19. The van der Waals surface area contributed by atoms with Crippen molar-refractivity contribution < 1.29 is 0 Å². The molecule has 1 fully saturated rings. The number of nitrogens with zero attached hydrogens (tertiary/aromatic N) is 2. The molecular formula is C15H33N5. The van der Waals surface area contributed by atoms with Crippen molar-refractivity contribution in [2.75, 3.05) is 13.1 Å². The van der Waals surface area contributed by atoms with Crippen molar-refractivity contribution in [2.45, 2.75) is 77.9 Å². The van der Waals surface area contributed by atoms with Crippen molar-refractivity contribution >= 4 is 5.96 Å². The summed E-state index contributed by atoms with van der Waals surface area (Å²) in [6.07, 6.45) is 6.43. The Hall–Kier alpha value is -0.810. The van der Waals surface area contributed by atoms with Gasteiger partial charge in [-0.2, -0.15) is 0 Å². The lowest BCUT2D eigenvalue weighted by Gasteiger charge is -2.30. The van der Waals surface area contributed by atoms with Gasteiger partial charge in [0.2, 0.25) is 5.96 Å². The van der Waals surface area contributed by atoms with Crippen LogP contribution in [0.4, 0.5) is 0 Å². The molecule has 0 aromatic rings. The van der Waals surface area contributed by atoms with Gasteiger partial charge in [0, 0.05) is 24.7 Å². The van der Waals surface area contributed by atoms with E-state index < -0.39 is 0 Å². The van der Waals surface area contributed by atoms with E-state index in [0.717, 1.165) is 19.0 Å². The van der Waals surface area contributed by atoms with Crippen LogP contribution in [0.5, 0.6) is 0 Å². The third-order valence-corrected chi connectivity index (χ3v) is 4.04. The average molecular weight is 283 g/mol. The quantitative estimate of drug-likeness (QED) is 0.301. The molecule has 0 atom stereocenters. The number of nitrogens with one attached hydrogen (secondary N) is 2. The molecule has 0 aromatic heterocycles. The Bertz CT molecular complexity index is 274. The number of guanidine groups is 1. The summed E-state index contributed by atoms with van der Waals surface area (Å²) in [6.45, 7) is 10.7. The van der Waals surface area contributed by atoms with Crippen molar-refractivity contribution in [3.05, 3.63) is 0 Å². The van der Waals surface area contributed by atoms with E-state index >= 15 is 0 Å². The van der Waals surface area contributed by atoms with Gasteiger partial charge in [0.15, 0.2) is 0 Å². The standard InChI is InChI=1S/C15H33N5/c1-12(2)20(13(3)4)11-10-17-15(19-16)18-14-8-6-5-7-9-14/h12-14H,5-11,16H2,1-4H3,(H2,17,18,19). The smallest absolute Gasteiger partial charge is 0.205 e. The molecule has 1 aliphatic rings. The van der Waals surface area contributed by atoms with Crippen LogP contribution in [0.3, 0.4) is 0 Å². The fourth-order valence-corrected chi connectivity index (χ4v) is 2.96. The zero-order chi connectivity index (χ0) is 15.0. The van der Waals surface area contributed by atoms with Gasteiger partial charge in [-0.15, -0.1) is 0 Å². The van der Waals surface area contributed by atoms with Crippen LogP contribution < -0.4 is 16.6 Å². The van der Waals surface area contributed by atoms with Gasteiger partial charge in [-0.1, -0.05) is 19.3 Å². The van der Waals surface area contributed by atoms with Crippen LogP contribution in [-0.2, 0) is 0 Å². The van der Waals surface area contributed by atoms with Crippen molar-refractivity contribution in [3.63, 3.8) is 0 Å². The SMILES string of the molecule is CC(C)N(CCN=C(NN)NC1CCCCC1)C(C)C. The molecule has 0 saturated heterocycles. The minimum atomic E-state index is 0.532. The second-order valence-electron chi connectivity index (χ2n) is 6.28. The topological polar surface area (TPSA) is 65.7 Å². The Labute approximate surface area is 124 Å². The molecule has 0 radical (unpaired) electrons. The Morgan fingerprint density at radius 2 is 1.75 bits per heavy atom. The molecule has 0 spiro atoms. The van der Waals surface area contributed by atoms with Crippen LogP contribution in [0, 0.1) is 0 Å². The third kappa shape index (κ3) is 6.09. The van der Waals surface area contributed by atoms with Gasteiger partial charge in [0.25, 0.3) is 0 Å². The molecule has 1 saturated carbocycles. The third-order valence-electron chi connectivity index (χ3n) is 4.04. The van der Waals surface area contributed by atoms with Crippen LogP contribution in [0.2, 0.25) is 0 Å². The normalized spacial score (nSPS) is 18.1. The zero-order valence-corrected chi connectivity index (χ0v) is 13.7. The molecule has 5 nitrogen and oxygen atoms in total. The number of hydrazine groups is 1. The van der Waals surface area contributed by atoms with E-state index in [4.69, 9.17) is 5.84 Å². The first-order valence-corrected chi connectivity index (χ1v) is 8.08. The van der Waals surface area contributed by atoms with Crippen molar-refractivity contribution in [3.8, 4) is 0 Å². The molecule has 0 amide bonds. The summed E-state index contributed by atoms with van der Waals surface area (Å²) in [5.41, 5.74) is 2.70. The molecule has 1 aliphatic carbocycles. The van der Waals surface area contributed by atoms with E-state index in [0.29, 0.717) is 18.1 Å². The molecule has 0 bridgehead atoms. The predicted molar refractivity (Wildman–Crippen MR) is 86.6 cm³/mol. The van der Waals surface area contributed by atoms with E-state index in [-0.39, 0.29) is 0 Å². The monoisotopic (exact) mass is 283 g/mol. The lowest BCUT2D eigenvalue weighted by Crippen LogP contribution is -2.47. The minimum absolute atomic E-state index is 0.532. The first kappa shape index (κ1) is 17.2. The number of hydrogen-bond acceptors (Lipinski definition) is 3. The average Bonchev–Trinajstić information content (AvgIpc) is 2.42. The molecule has 5 heteroatoms. The minimum Gasteiger partial charge on any atom is -0.353 e. The van der Waals surface area contributed by atoms with Crippen molar-refractivity contribution in [1.29, 1.82) is 0 Å². The first-order chi connectivity index (χ1) is 9.54. The van der Waals surface area contributed by atoms with Crippen LogP contribution in [0.15, 0.2) is 4.99 Å². The van der Waals surface area contributed by atoms with Gasteiger partial charge in [0.1, 0.15) is 0 Å². The Balaban J connectivity index is 2.40. The van der Waals surface area contributed by atoms with Crippen LogP contribution >= 0.6 is 0 Å². The number of hydrogen-bond donors (Lipinski definition) is 3. The summed E-state index contributed by atoms with van der Waals surface area (Å²) in [5, 5.41) is 3.43. The van der Waals surface area contributed by atoms with Crippen LogP contribution in [0.1, 0.15) is 59.8 Å². The molecular weight excluding hydrogens is 250 g/mol. The summed E-state index contributed by atoms with van der Waals surface area (Å²) >= 11 is 0. The van der Waals surface area contributed by atoms with Gasteiger partial charge in [0.05, 0.1) is 6.54 Å². The largest absolute Gasteiger partial charge is 0.353 e. The van der Waals surface area contributed by atoms with Gasteiger partial charge in [-0.25, -0.2) is 5.84 Å². The summed E-state index contributed by atoms with van der Waals surface area (Å²) in [5.74, 6) is 6.31. The maximum atomic E-state index is 5.57. The molecule has 1 rings (SSSR count). The van der Waals surface area contributed by atoms with E-state index in [1.165, 1.54) is 32.1 Å². The van der Waals surface area contributed by atoms with Gasteiger partial charge < -0.3 is 5.32 Å². The number of aliphatic imine (C=N–C) groups is 1. The zero-order valence-electron chi connectivity index (χ0n) is 13.7. The van der Waals surface area contributed by atoms with Gasteiger partial charge in [-0.3, -0.25) is 15.3 Å².